The van der Waals surface area contributed by atoms with E-state index < -0.39 is 0 Å². The molecule has 17 heavy (non-hydrogen) atoms. The summed E-state index contributed by atoms with van der Waals surface area (Å²) in [7, 11) is 0. The molecule has 0 aliphatic heterocycles. The maximum Gasteiger partial charge on any atom is 0.214 e. The summed E-state index contributed by atoms with van der Waals surface area (Å²) in [6.07, 6.45) is 6.26. The predicted molar refractivity (Wildman–Crippen MR) is 70.0 cm³/mol. The average Bonchev–Trinajstić information content (AvgIpc) is 2.30. The summed E-state index contributed by atoms with van der Waals surface area (Å²) < 4.78 is 5.78. The number of nitrogens with zero attached hydrogens (tertiary/aromatic N) is 1. The highest BCUT2D eigenvalue weighted by Crippen LogP contribution is 2.22. The van der Waals surface area contributed by atoms with Crippen LogP contribution < -0.4 is 10.5 Å². The van der Waals surface area contributed by atoms with Crippen molar-refractivity contribution in [1.29, 1.82) is 5.41 Å². The molecular formula is C12H18ClN3O. The maximum atomic E-state index is 7.31. The average molecular weight is 256 g/mol. The molecule has 4 nitrogen and oxygen atoms in total. The van der Waals surface area contributed by atoms with Crippen LogP contribution in [0.2, 0.25) is 0 Å². The van der Waals surface area contributed by atoms with Crippen molar-refractivity contribution in [3.05, 3.63) is 23.9 Å². The number of aromatic nitrogens is 1. The Morgan fingerprint density at radius 1 is 1.29 bits per heavy atom. The Bertz CT molecular complexity index is 378. The number of nitrogen functional groups attached to an aromatic ring is 1. The number of rotatable bonds is 3. The number of amidine groups is 1. The minimum absolute atomic E-state index is 0. The Hall–Kier alpha value is -1.29. The SMILES string of the molecule is Cl.N=C(N)c1cccc(OC2CCCCC2)n1. The zero-order valence-electron chi connectivity index (χ0n) is 9.69. The fourth-order valence-electron chi connectivity index (χ4n) is 1.98. The van der Waals surface area contributed by atoms with Crippen molar-refractivity contribution in [3.63, 3.8) is 0 Å². The van der Waals surface area contributed by atoms with Gasteiger partial charge in [0, 0.05) is 6.07 Å². The summed E-state index contributed by atoms with van der Waals surface area (Å²) in [5.41, 5.74) is 5.86. The van der Waals surface area contributed by atoms with Gasteiger partial charge in [0.15, 0.2) is 0 Å². The Balaban J connectivity index is 0.00000144. The van der Waals surface area contributed by atoms with Gasteiger partial charge in [0.25, 0.3) is 0 Å². The third kappa shape index (κ3) is 3.89. The van der Waals surface area contributed by atoms with Crippen LogP contribution in [0.3, 0.4) is 0 Å². The Kier molecular flexibility index (Phi) is 5.22. The molecule has 0 saturated heterocycles. The van der Waals surface area contributed by atoms with Crippen molar-refractivity contribution < 1.29 is 4.74 Å². The summed E-state index contributed by atoms with van der Waals surface area (Å²) in [4.78, 5) is 4.19. The predicted octanol–water partition coefficient (Wildman–Crippen LogP) is 2.50. The van der Waals surface area contributed by atoms with Crippen LogP contribution in [0.25, 0.3) is 0 Å². The van der Waals surface area contributed by atoms with Crippen LogP contribution in [0, 0.1) is 5.41 Å². The van der Waals surface area contributed by atoms with E-state index in [4.69, 9.17) is 15.9 Å². The third-order valence-electron chi connectivity index (χ3n) is 2.84. The van der Waals surface area contributed by atoms with Crippen LogP contribution in [-0.2, 0) is 0 Å². The number of hydrogen-bond donors (Lipinski definition) is 2. The highest BCUT2D eigenvalue weighted by atomic mass is 35.5. The molecule has 3 N–H and O–H groups in total. The van der Waals surface area contributed by atoms with Gasteiger partial charge in [0.1, 0.15) is 17.6 Å². The Labute approximate surface area is 107 Å². The largest absolute Gasteiger partial charge is 0.474 e. The first-order valence-electron chi connectivity index (χ1n) is 5.74. The minimum atomic E-state index is -0.0194. The fourth-order valence-corrected chi connectivity index (χ4v) is 1.98. The van der Waals surface area contributed by atoms with E-state index in [9.17, 15) is 0 Å². The molecule has 2 rings (SSSR count). The van der Waals surface area contributed by atoms with Gasteiger partial charge in [0.2, 0.25) is 5.88 Å². The first-order valence-corrected chi connectivity index (χ1v) is 5.74. The lowest BCUT2D eigenvalue weighted by Gasteiger charge is -2.22. The first-order chi connectivity index (χ1) is 7.75. The third-order valence-corrected chi connectivity index (χ3v) is 2.84. The zero-order chi connectivity index (χ0) is 11.4. The van der Waals surface area contributed by atoms with Gasteiger partial charge < -0.3 is 10.5 Å². The van der Waals surface area contributed by atoms with Crippen molar-refractivity contribution in [1.82, 2.24) is 4.98 Å². The van der Waals surface area contributed by atoms with E-state index in [1.165, 1.54) is 19.3 Å². The topological polar surface area (TPSA) is 72.0 Å². The highest BCUT2D eigenvalue weighted by Gasteiger charge is 2.15. The second-order valence-corrected chi connectivity index (χ2v) is 4.15. The van der Waals surface area contributed by atoms with Gasteiger partial charge >= 0.3 is 0 Å². The summed E-state index contributed by atoms with van der Waals surface area (Å²) in [5, 5.41) is 7.31. The summed E-state index contributed by atoms with van der Waals surface area (Å²) in [6, 6.07) is 5.36. The lowest BCUT2D eigenvalue weighted by atomic mass is 9.98. The van der Waals surface area contributed by atoms with Crippen LogP contribution in [0.4, 0.5) is 0 Å². The molecule has 1 fully saturated rings. The molecule has 0 amide bonds. The minimum Gasteiger partial charge on any atom is -0.474 e. The lowest BCUT2D eigenvalue weighted by Crippen LogP contribution is -2.21. The number of hydrogen-bond acceptors (Lipinski definition) is 3. The Morgan fingerprint density at radius 3 is 2.65 bits per heavy atom. The quantitative estimate of drug-likeness (QED) is 0.644. The van der Waals surface area contributed by atoms with E-state index >= 15 is 0 Å². The summed E-state index contributed by atoms with van der Waals surface area (Å²) in [6.45, 7) is 0. The molecule has 1 saturated carbocycles. The molecule has 5 heteroatoms. The van der Waals surface area contributed by atoms with E-state index in [0.717, 1.165) is 12.8 Å². The molecule has 0 radical (unpaired) electrons. The number of pyridine rings is 1. The fraction of sp³-hybridized carbons (Fsp3) is 0.500. The molecule has 1 aliphatic carbocycles. The van der Waals surface area contributed by atoms with E-state index in [-0.39, 0.29) is 24.3 Å². The lowest BCUT2D eigenvalue weighted by molar-refractivity contribution is 0.148. The number of halogens is 1. The van der Waals surface area contributed by atoms with Crippen molar-refractivity contribution in [2.45, 2.75) is 38.2 Å². The van der Waals surface area contributed by atoms with Crippen LogP contribution in [0.1, 0.15) is 37.8 Å². The summed E-state index contributed by atoms with van der Waals surface area (Å²) >= 11 is 0. The van der Waals surface area contributed by atoms with Crippen LogP contribution in [0.5, 0.6) is 5.88 Å². The second-order valence-electron chi connectivity index (χ2n) is 4.15. The molecule has 0 bridgehead atoms. The maximum absolute atomic E-state index is 7.31. The van der Waals surface area contributed by atoms with Gasteiger partial charge in [-0.25, -0.2) is 4.98 Å². The van der Waals surface area contributed by atoms with Crippen molar-refractivity contribution in [3.8, 4) is 5.88 Å². The van der Waals surface area contributed by atoms with Gasteiger partial charge in [-0.1, -0.05) is 12.5 Å². The van der Waals surface area contributed by atoms with Crippen molar-refractivity contribution in [2.75, 3.05) is 0 Å². The van der Waals surface area contributed by atoms with Crippen LogP contribution in [0.15, 0.2) is 18.2 Å². The monoisotopic (exact) mass is 255 g/mol. The van der Waals surface area contributed by atoms with Gasteiger partial charge in [-0.05, 0) is 31.7 Å². The molecule has 0 spiro atoms. The summed E-state index contributed by atoms with van der Waals surface area (Å²) in [5.74, 6) is 0.564. The smallest absolute Gasteiger partial charge is 0.214 e. The van der Waals surface area contributed by atoms with Crippen molar-refractivity contribution >= 4 is 18.2 Å². The van der Waals surface area contributed by atoms with Gasteiger partial charge in [-0.3, -0.25) is 5.41 Å². The van der Waals surface area contributed by atoms with Crippen LogP contribution >= 0.6 is 12.4 Å². The molecule has 1 aromatic heterocycles. The molecule has 0 unspecified atom stereocenters. The van der Waals surface area contributed by atoms with Crippen molar-refractivity contribution in [2.24, 2.45) is 5.73 Å². The number of ether oxygens (including phenoxy) is 1. The molecule has 94 valence electrons. The van der Waals surface area contributed by atoms with E-state index in [1.54, 1.807) is 6.07 Å². The van der Waals surface area contributed by atoms with Gasteiger partial charge in [0.05, 0.1) is 0 Å². The normalized spacial score (nSPS) is 16.0. The molecule has 1 aliphatic rings. The second kappa shape index (κ2) is 6.45. The molecule has 0 aromatic carbocycles. The molecule has 1 heterocycles. The first kappa shape index (κ1) is 13.8. The standard InChI is InChI=1S/C12H17N3O.ClH/c13-12(14)10-7-4-8-11(15-10)16-9-5-2-1-3-6-9;/h4,7-9H,1-3,5-6H2,(H3,13,14);1H. The van der Waals surface area contributed by atoms with E-state index in [2.05, 4.69) is 4.98 Å². The van der Waals surface area contributed by atoms with E-state index in [1.807, 2.05) is 12.1 Å². The Morgan fingerprint density at radius 2 is 2.00 bits per heavy atom. The van der Waals surface area contributed by atoms with Gasteiger partial charge in [-0.2, -0.15) is 0 Å². The molecular weight excluding hydrogens is 238 g/mol. The highest BCUT2D eigenvalue weighted by molar-refractivity contribution is 5.93. The number of nitrogens with one attached hydrogen (secondary N) is 1. The van der Waals surface area contributed by atoms with E-state index in [0.29, 0.717) is 11.6 Å². The van der Waals surface area contributed by atoms with Gasteiger partial charge in [-0.15, -0.1) is 12.4 Å². The molecule has 0 atom stereocenters. The molecule has 1 aromatic rings. The zero-order valence-corrected chi connectivity index (χ0v) is 10.5. The van der Waals surface area contributed by atoms with Crippen LogP contribution in [-0.4, -0.2) is 16.9 Å². The number of nitrogens with two attached hydrogens (primary N) is 1.